The first-order valence-electron chi connectivity index (χ1n) is 11.7. The van der Waals surface area contributed by atoms with Crippen LogP contribution in [0.15, 0.2) is 72.8 Å². The molecule has 10 heteroatoms. The van der Waals surface area contributed by atoms with E-state index in [4.69, 9.17) is 21.2 Å². The second-order valence-corrected chi connectivity index (χ2v) is 11.4. The van der Waals surface area contributed by atoms with Gasteiger partial charge in [-0.05, 0) is 54.1 Å². The number of hydrogen-bond acceptors (Lipinski definition) is 6. The highest BCUT2D eigenvalue weighted by Crippen LogP contribution is 2.37. The second-order valence-electron chi connectivity index (χ2n) is 8.84. The molecule has 36 heavy (non-hydrogen) atoms. The van der Waals surface area contributed by atoms with E-state index in [1.165, 1.54) is 10.4 Å². The molecule has 0 saturated carbocycles. The van der Waals surface area contributed by atoms with Gasteiger partial charge in [-0.15, -0.1) is 0 Å². The third-order valence-corrected chi connectivity index (χ3v) is 9.11. The van der Waals surface area contributed by atoms with Crippen LogP contribution in [0.3, 0.4) is 0 Å². The Morgan fingerprint density at radius 1 is 0.944 bits per heavy atom. The Hall–Kier alpha value is -2.69. The number of sulfonamides is 1. The normalized spacial score (nSPS) is 21.6. The molecular weight excluding hydrogens is 505 g/mol. The summed E-state index contributed by atoms with van der Waals surface area (Å²) in [5.74, 6) is 0.912. The van der Waals surface area contributed by atoms with Gasteiger partial charge in [-0.25, -0.2) is 12.8 Å². The van der Waals surface area contributed by atoms with Gasteiger partial charge >= 0.3 is 0 Å². The summed E-state index contributed by atoms with van der Waals surface area (Å²) in [6.07, 6.45) is 0. The summed E-state index contributed by atoms with van der Waals surface area (Å²) in [4.78, 5) is 7.58. The van der Waals surface area contributed by atoms with Gasteiger partial charge in [-0.1, -0.05) is 35.9 Å². The van der Waals surface area contributed by atoms with Crippen LogP contribution in [0.25, 0.3) is 0 Å². The van der Waals surface area contributed by atoms with Crippen LogP contribution >= 0.6 is 11.6 Å². The molecule has 2 saturated heterocycles. The molecule has 0 unspecified atom stereocenters. The highest BCUT2D eigenvalue weighted by molar-refractivity contribution is 7.89. The van der Waals surface area contributed by atoms with Crippen molar-refractivity contribution in [2.24, 2.45) is 0 Å². The molecule has 3 aromatic carbocycles. The van der Waals surface area contributed by atoms with Crippen molar-refractivity contribution in [3.8, 4) is 11.5 Å². The molecule has 2 aliphatic heterocycles. The summed E-state index contributed by atoms with van der Waals surface area (Å²) in [6.45, 7) is 1.45. The van der Waals surface area contributed by atoms with E-state index in [-0.39, 0.29) is 25.5 Å². The van der Waals surface area contributed by atoms with E-state index in [1.54, 1.807) is 54.6 Å². The molecule has 0 spiro atoms. The number of hydroxylamine groups is 2. The maximum absolute atomic E-state index is 14.2. The third-order valence-electron chi connectivity index (χ3n) is 6.61. The van der Waals surface area contributed by atoms with Gasteiger partial charge in [-0.3, -0.25) is 4.84 Å². The average molecular weight is 532 g/mol. The number of benzene rings is 3. The van der Waals surface area contributed by atoms with Gasteiger partial charge in [0.1, 0.15) is 22.6 Å². The van der Waals surface area contributed by atoms with Crippen LogP contribution in [0.1, 0.15) is 11.6 Å². The number of rotatable bonds is 6. The lowest BCUT2D eigenvalue weighted by atomic mass is 10.0. The summed E-state index contributed by atoms with van der Waals surface area (Å²) in [6, 6.07) is 20.5. The predicted molar refractivity (Wildman–Crippen MR) is 137 cm³/mol. The van der Waals surface area contributed by atoms with Crippen LogP contribution in [0.5, 0.6) is 11.5 Å². The molecular formula is C26H27ClFN3O4S. The minimum absolute atomic E-state index is 0.0549. The number of piperazine rings is 1. The van der Waals surface area contributed by atoms with E-state index in [1.807, 2.05) is 29.2 Å². The summed E-state index contributed by atoms with van der Waals surface area (Å²) in [7, 11) is -1.95. The van der Waals surface area contributed by atoms with Crippen LogP contribution in [-0.2, 0) is 14.9 Å². The Labute approximate surface area is 215 Å². The summed E-state index contributed by atoms with van der Waals surface area (Å²) in [5, 5.41) is 1.43. The lowest BCUT2D eigenvalue weighted by Gasteiger charge is -2.37. The first kappa shape index (κ1) is 25.0. The van der Waals surface area contributed by atoms with Gasteiger partial charge < -0.3 is 9.64 Å². The smallest absolute Gasteiger partial charge is 0.221 e. The SMILES string of the molecule is CN1OC[C@@H](S(=O)(=O)N2CCN(c3ccccc3F)CC2)[C@H]1c1cccc(Oc2ccc(Cl)cc2)c1. The highest BCUT2D eigenvalue weighted by atomic mass is 35.5. The van der Waals surface area contributed by atoms with Crippen LogP contribution in [-0.4, -0.2) is 62.9 Å². The monoisotopic (exact) mass is 531 g/mol. The molecule has 2 aliphatic rings. The molecule has 2 fully saturated rings. The minimum atomic E-state index is -3.69. The minimum Gasteiger partial charge on any atom is -0.457 e. The lowest BCUT2D eigenvalue weighted by Crippen LogP contribution is -2.52. The molecule has 0 bridgehead atoms. The summed E-state index contributed by atoms with van der Waals surface area (Å²) < 4.78 is 49.1. The number of halogens is 2. The highest BCUT2D eigenvalue weighted by Gasteiger charge is 2.46. The fourth-order valence-electron chi connectivity index (χ4n) is 4.75. The van der Waals surface area contributed by atoms with Crippen molar-refractivity contribution in [2.75, 3.05) is 44.7 Å². The van der Waals surface area contributed by atoms with Crippen molar-refractivity contribution in [3.05, 3.63) is 89.2 Å². The second kappa shape index (κ2) is 10.4. The largest absolute Gasteiger partial charge is 0.457 e. The Balaban J connectivity index is 1.32. The Morgan fingerprint density at radius 3 is 2.39 bits per heavy atom. The average Bonchev–Trinajstić information content (AvgIpc) is 3.28. The molecule has 3 aromatic rings. The first-order chi connectivity index (χ1) is 17.3. The molecule has 2 atom stereocenters. The number of para-hydroxylation sites is 1. The molecule has 7 nitrogen and oxygen atoms in total. The van der Waals surface area contributed by atoms with Crippen molar-refractivity contribution < 1.29 is 22.4 Å². The van der Waals surface area contributed by atoms with E-state index < -0.39 is 21.3 Å². The van der Waals surface area contributed by atoms with Crippen molar-refractivity contribution in [1.82, 2.24) is 9.37 Å². The summed E-state index contributed by atoms with van der Waals surface area (Å²) in [5.41, 5.74) is 1.27. The topological polar surface area (TPSA) is 62.3 Å². The number of ether oxygens (including phenoxy) is 1. The van der Waals surface area contributed by atoms with E-state index >= 15 is 0 Å². The zero-order valence-electron chi connectivity index (χ0n) is 19.8. The van der Waals surface area contributed by atoms with Gasteiger partial charge in [0, 0.05) is 38.2 Å². The molecule has 5 rings (SSSR count). The lowest BCUT2D eigenvalue weighted by molar-refractivity contribution is -0.110. The molecule has 0 aromatic heterocycles. The van der Waals surface area contributed by atoms with Crippen molar-refractivity contribution >= 4 is 27.3 Å². The van der Waals surface area contributed by atoms with E-state index in [2.05, 4.69) is 0 Å². The Bertz CT molecular complexity index is 1320. The third kappa shape index (κ3) is 5.07. The molecule has 0 N–H and O–H groups in total. The van der Waals surface area contributed by atoms with Gasteiger partial charge in [0.15, 0.2) is 0 Å². The molecule has 190 valence electrons. The Morgan fingerprint density at radius 2 is 1.67 bits per heavy atom. The zero-order chi connectivity index (χ0) is 25.3. The number of anilines is 1. The van der Waals surface area contributed by atoms with Crippen molar-refractivity contribution in [3.63, 3.8) is 0 Å². The number of hydrogen-bond donors (Lipinski definition) is 0. The Kier molecular flexibility index (Phi) is 7.18. The molecule has 0 aliphatic carbocycles. The van der Waals surface area contributed by atoms with E-state index in [0.29, 0.717) is 35.3 Å². The van der Waals surface area contributed by atoms with Gasteiger partial charge in [-0.2, -0.15) is 9.37 Å². The van der Waals surface area contributed by atoms with Crippen LogP contribution in [0.2, 0.25) is 5.02 Å². The van der Waals surface area contributed by atoms with Gasteiger partial charge in [0.2, 0.25) is 10.0 Å². The molecule has 0 radical (unpaired) electrons. The quantitative estimate of drug-likeness (QED) is 0.459. The molecule has 2 heterocycles. The van der Waals surface area contributed by atoms with Gasteiger partial charge in [0.05, 0.1) is 18.3 Å². The fraction of sp³-hybridized carbons (Fsp3) is 0.308. The van der Waals surface area contributed by atoms with E-state index in [9.17, 15) is 12.8 Å². The maximum Gasteiger partial charge on any atom is 0.221 e. The maximum atomic E-state index is 14.2. The standard InChI is InChI=1S/C26H27ClFN3O4S/c1-29-26(19-5-4-6-22(17-19)35-21-11-9-20(27)10-12-21)25(18-34-29)36(32,33)31-15-13-30(14-16-31)24-8-3-2-7-23(24)28/h2-12,17,25-26H,13-16,18H2,1H3/t25-,26-/m1/s1. The van der Waals surface area contributed by atoms with E-state index in [0.717, 1.165) is 5.56 Å². The van der Waals surface area contributed by atoms with Gasteiger partial charge in [0.25, 0.3) is 0 Å². The van der Waals surface area contributed by atoms with Crippen molar-refractivity contribution in [2.45, 2.75) is 11.3 Å². The molecule has 0 amide bonds. The van der Waals surface area contributed by atoms with Crippen LogP contribution in [0, 0.1) is 5.82 Å². The predicted octanol–water partition coefficient (Wildman–Crippen LogP) is 4.71. The summed E-state index contributed by atoms with van der Waals surface area (Å²) >= 11 is 5.96. The first-order valence-corrected chi connectivity index (χ1v) is 13.6. The van der Waals surface area contributed by atoms with Crippen LogP contribution < -0.4 is 9.64 Å². The zero-order valence-corrected chi connectivity index (χ0v) is 21.3. The number of nitrogens with zero attached hydrogens (tertiary/aromatic N) is 3. The van der Waals surface area contributed by atoms with Crippen molar-refractivity contribution in [1.29, 1.82) is 0 Å². The fourth-order valence-corrected chi connectivity index (χ4v) is 6.82. The van der Waals surface area contributed by atoms with Crippen LogP contribution in [0.4, 0.5) is 10.1 Å².